The van der Waals surface area contributed by atoms with E-state index in [0.29, 0.717) is 19.8 Å². The number of aliphatic hydroxyl groups excluding tert-OH is 1. The first-order valence-corrected chi connectivity index (χ1v) is 7.54. The molecule has 2 rings (SSSR count). The zero-order valence-corrected chi connectivity index (χ0v) is 13.3. The van der Waals surface area contributed by atoms with Crippen LogP contribution in [0.4, 0.5) is 0 Å². The molecule has 1 unspecified atom stereocenters. The van der Waals surface area contributed by atoms with E-state index in [-0.39, 0.29) is 0 Å². The van der Waals surface area contributed by atoms with Crippen molar-refractivity contribution >= 4 is 0 Å². The Labute approximate surface area is 132 Å². The summed E-state index contributed by atoms with van der Waals surface area (Å²) in [5.41, 5.74) is 3.33. The molecule has 4 nitrogen and oxygen atoms in total. The van der Waals surface area contributed by atoms with E-state index in [1.807, 2.05) is 43.4 Å². The molecule has 1 atom stereocenters. The number of aromatic nitrogens is 1. The number of hydrogen-bond donors (Lipinski definition) is 1. The minimum absolute atomic E-state index is 0.334. The van der Waals surface area contributed by atoms with Crippen LogP contribution in [0.5, 0.6) is 0 Å². The van der Waals surface area contributed by atoms with Crippen LogP contribution < -0.4 is 0 Å². The third-order valence-electron chi connectivity index (χ3n) is 3.48. The average molecular weight is 300 g/mol. The lowest BCUT2D eigenvalue weighted by molar-refractivity contribution is 0.0125. The molecule has 0 saturated heterocycles. The first kappa shape index (κ1) is 16.6. The fourth-order valence-electron chi connectivity index (χ4n) is 2.30. The van der Waals surface area contributed by atoms with Gasteiger partial charge in [-0.15, -0.1) is 0 Å². The maximum Gasteiger partial charge on any atom is 0.0900 e. The van der Waals surface area contributed by atoms with Crippen LogP contribution in [0.1, 0.15) is 16.8 Å². The predicted molar refractivity (Wildman–Crippen MR) is 87.4 cm³/mol. The maximum atomic E-state index is 10.1. The fraction of sp³-hybridized carbons (Fsp3) is 0.389. The van der Waals surface area contributed by atoms with Crippen LogP contribution in [-0.4, -0.2) is 41.3 Å². The second kappa shape index (κ2) is 8.63. The molecule has 22 heavy (non-hydrogen) atoms. The molecule has 0 spiro atoms. The van der Waals surface area contributed by atoms with Crippen molar-refractivity contribution in [3.8, 4) is 0 Å². The Morgan fingerprint density at radius 1 is 1.18 bits per heavy atom. The quantitative estimate of drug-likeness (QED) is 0.813. The molecular weight excluding hydrogens is 276 g/mol. The Hall–Kier alpha value is -1.75. The van der Waals surface area contributed by atoms with Gasteiger partial charge < -0.3 is 9.84 Å². The highest BCUT2D eigenvalue weighted by Crippen LogP contribution is 2.07. The van der Waals surface area contributed by atoms with E-state index in [1.165, 1.54) is 5.56 Å². The molecular formula is C18H24N2O2. The highest BCUT2D eigenvalue weighted by atomic mass is 16.5. The molecule has 0 saturated carbocycles. The zero-order valence-electron chi connectivity index (χ0n) is 13.3. The van der Waals surface area contributed by atoms with Crippen LogP contribution in [0.2, 0.25) is 0 Å². The van der Waals surface area contributed by atoms with Crippen LogP contribution in [0.3, 0.4) is 0 Å². The SMILES string of the molecule is Cc1cccnc1CN(C)CC(O)COCc1ccccc1. The van der Waals surface area contributed by atoms with Gasteiger partial charge in [0.05, 0.1) is 25.0 Å². The van der Waals surface area contributed by atoms with Crippen LogP contribution in [0, 0.1) is 6.92 Å². The smallest absolute Gasteiger partial charge is 0.0900 e. The van der Waals surface area contributed by atoms with Gasteiger partial charge in [-0.1, -0.05) is 36.4 Å². The van der Waals surface area contributed by atoms with Gasteiger partial charge >= 0.3 is 0 Å². The molecule has 0 radical (unpaired) electrons. The Morgan fingerprint density at radius 2 is 1.95 bits per heavy atom. The van der Waals surface area contributed by atoms with Crippen molar-refractivity contribution in [2.24, 2.45) is 0 Å². The molecule has 0 fully saturated rings. The number of aliphatic hydroxyl groups is 1. The van der Waals surface area contributed by atoms with Gasteiger partial charge in [-0.2, -0.15) is 0 Å². The molecule has 0 aliphatic heterocycles. The van der Waals surface area contributed by atoms with Crippen LogP contribution in [0.15, 0.2) is 48.7 Å². The van der Waals surface area contributed by atoms with Crippen molar-refractivity contribution < 1.29 is 9.84 Å². The van der Waals surface area contributed by atoms with Crippen LogP contribution >= 0.6 is 0 Å². The summed E-state index contributed by atoms with van der Waals surface area (Å²) in [6, 6.07) is 14.0. The molecule has 1 aromatic heterocycles. The first-order chi connectivity index (χ1) is 10.6. The van der Waals surface area contributed by atoms with Crippen molar-refractivity contribution in [1.82, 2.24) is 9.88 Å². The number of nitrogens with zero attached hydrogens (tertiary/aromatic N) is 2. The monoisotopic (exact) mass is 300 g/mol. The van der Waals surface area contributed by atoms with E-state index in [2.05, 4.69) is 22.9 Å². The van der Waals surface area contributed by atoms with Gasteiger partial charge in [-0.3, -0.25) is 9.88 Å². The Bertz CT molecular complexity index is 560. The van der Waals surface area contributed by atoms with E-state index in [4.69, 9.17) is 4.74 Å². The zero-order chi connectivity index (χ0) is 15.8. The molecule has 0 aliphatic rings. The summed E-state index contributed by atoms with van der Waals surface area (Å²) in [6.07, 6.45) is 1.30. The summed E-state index contributed by atoms with van der Waals surface area (Å²) < 4.78 is 5.56. The summed E-state index contributed by atoms with van der Waals surface area (Å²) in [4.78, 5) is 6.43. The van der Waals surface area contributed by atoms with Crippen molar-refractivity contribution in [3.05, 3.63) is 65.5 Å². The molecule has 118 valence electrons. The van der Waals surface area contributed by atoms with Gasteiger partial charge in [-0.05, 0) is 31.2 Å². The highest BCUT2D eigenvalue weighted by Gasteiger charge is 2.10. The summed E-state index contributed by atoms with van der Waals surface area (Å²) in [7, 11) is 1.98. The number of hydrogen-bond acceptors (Lipinski definition) is 4. The number of benzene rings is 1. The van der Waals surface area contributed by atoms with E-state index in [1.54, 1.807) is 6.20 Å². The molecule has 1 N–H and O–H groups in total. The third-order valence-corrected chi connectivity index (χ3v) is 3.48. The van der Waals surface area contributed by atoms with E-state index < -0.39 is 6.10 Å². The fourth-order valence-corrected chi connectivity index (χ4v) is 2.30. The summed E-state index contributed by atoms with van der Waals surface area (Å²) in [5, 5.41) is 10.1. The number of rotatable bonds is 8. The van der Waals surface area contributed by atoms with E-state index in [9.17, 15) is 5.11 Å². The number of pyridine rings is 1. The average Bonchev–Trinajstić information content (AvgIpc) is 2.50. The topological polar surface area (TPSA) is 45.6 Å². The molecule has 4 heteroatoms. The maximum absolute atomic E-state index is 10.1. The largest absolute Gasteiger partial charge is 0.389 e. The lowest BCUT2D eigenvalue weighted by Crippen LogP contribution is -2.32. The second-order valence-electron chi connectivity index (χ2n) is 5.62. The number of likely N-dealkylation sites (N-methyl/N-ethyl adjacent to an activating group) is 1. The Balaban J connectivity index is 1.70. The normalized spacial score (nSPS) is 12.5. The van der Waals surface area contributed by atoms with Crippen LogP contribution in [0.25, 0.3) is 0 Å². The minimum Gasteiger partial charge on any atom is -0.389 e. The summed E-state index contributed by atoms with van der Waals surface area (Å²) in [5.74, 6) is 0. The predicted octanol–water partition coefficient (Wildman–Crippen LogP) is 2.40. The molecule has 1 aromatic carbocycles. The van der Waals surface area contributed by atoms with Gasteiger partial charge in [0.1, 0.15) is 0 Å². The van der Waals surface area contributed by atoms with Crippen molar-refractivity contribution in [1.29, 1.82) is 0 Å². The van der Waals surface area contributed by atoms with Crippen LogP contribution in [-0.2, 0) is 17.9 Å². The van der Waals surface area contributed by atoms with Crippen molar-refractivity contribution in [2.45, 2.75) is 26.2 Å². The van der Waals surface area contributed by atoms with Gasteiger partial charge in [-0.25, -0.2) is 0 Å². The molecule has 0 aliphatic carbocycles. The first-order valence-electron chi connectivity index (χ1n) is 7.54. The van der Waals surface area contributed by atoms with Gasteiger partial charge in [0.2, 0.25) is 0 Å². The molecule has 2 aromatic rings. The third kappa shape index (κ3) is 5.56. The van der Waals surface area contributed by atoms with E-state index >= 15 is 0 Å². The Kier molecular flexibility index (Phi) is 6.52. The molecule has 0 amide bonds. The summed E-state index contributed by atoms with van der Waals surface area (Å²) >= 11 is 0. The summed E-state index contributed by atoms with van der Waals surface area (Å²) in [6.45, 7) is 4.20. The molecule has 1 heterocycles. The Morgan fingerprint density at radius 3 is 2.68 bits per heavy atom. The molecule has 0 bridgehead atoms. The lowest BCUT2D eigenvalue weighted by atomic mass is 10.2. The highest BCUT2D eigenvalue weighted by molar-refractivity contribution is 5.17. The standard InChI is InChI=1S/C18H24N2O2/c1-15-7-6-10-19-18(15)12-20(2)11-17(21)14-22-13-16-8-4-3-5-9-16/h3-10,17,21H,11-14H2,1-2H3. The number of aryl methyl sites for hydroxylation is 1. The lowest BCUT2D eigenvalue weighted by Gasteiger charge is -2.21. The van der Waals surface area contributed by atoms with Crippen molar-refractivity contribution in [3.63, 3.8) is 0 Å². The second-order valence-corrected chi connectivity index (χ2v) is 5.62. The van der Waals surface area contributed by atoms with E-state index in [0.717, 1.165) is 17.8 Å². The van der Waals surface area contributed by atoms with Gasteiger partial charge in [0.15, 0.2) is 0 Å². The van der Waals surface area contributed by atoms with Crippen molar-refractivity contribution in [2.75, 3.05) is 20.2 Å². The van der Waals surface area contributed by atoms with Gasteiger partial charge in [0, 0.05) is 19.3 Å². The minimum atomic E-state index is -0.502. The number of ether oxygens (including phenoxy) is 1. The van der Waals surface area contributed by atoms with Gasteiger partial charge in [0.25, 0.3) is 0 Å².